The van der Waals surface area contributed by atoms with Crippen molar-refractivity contribution in [3.8, 4) is 0 Å². The van der Waals surface area contributed by atoms with Gasteiger partial charge in [0.25, 0.3) is 0 Å². The van der Waals surface area contributed by atoms with Gasteiger partial charge in [0, 0.05) is 16.6 Å². The number of aromatic amines is 1. The van der Waals surface area contributed by atoms with Gasteiger partial charge in [-0.3, -0.25) is 9.89 Å². The second kappa shape index (κ2) is 2.85. The number of hydrogen-bond acceptors (Lipinski definition) is 2. The molecule has 0 aliphatic carbocycles. The Labute approximate surface area is 79.7 Å². The zero-order valence-corrected chi connectivity index (χ0v) is 7.72. The van der Waals surface area contributed by atoms with Gasteiger partial charge in [0.1, 0.15) is 5.52 Å². The van der Waals surface area contributed by atoms with Crippen molar-refractivity contribution >= 4 is 28.8 Å². The Morgan fingerprint density at radius 3 is 3.00 bits per heavy atom. The van der Waals surface area contributed by atoms with Crippen LogP contribution >= 0.6 is 11.6 Å². The van der Waals surface area contributed by atoms with E-state index in [1.807, 2.05) is 6.92 Å². The molecule has 4 heteroatoms. The summed E-state index contributed by atoms with van der Waals surface area (Å²) in [7, 11) is 0. The number of H-pyrrole nitrogens is 1. The molecule has 13 heavy (non-hydrogen) atoms. The van der Waals surface area contributed by atoms with Crippen molar-refractivity contribution in [3.63, 3.8) is 0 Å². The van der Waals surface area contributed by atoms with Crippen LogP contribution in [0.3, 0.4) is 0 Å². The van der Waals surface area contributed by atoms with E-state index in [1.165, 1.54) is 0 Å². The van der Waals surface area contributed by atoms with Gasteiger partial charge in [-0.2, -0.15) is 5.10 Å². The minimum absolute atomic E-state index is 0.560. The fourth-order valence-corrected chi connectivity index (χ4v) is 1.58. The van der Waals surface area contributed by atoms with Crippen molar-refractivity contribution < 1.29 is 4.79 Å². The van der Waals surface area contributed by atoms with Crippen LogP contribution in [-0.2, 0) is 0 Å². The van der Waals surface area contributed by atoms with Crippen LogP contribution in [0, 0.1) is 6.92 Å². The van der Waals surface area contributed by atoms with Crippen molar-refractivity contribution in [2.24, 2.45) is 0 Å². The molecule has 0 radical (unpaired) electrons. The Hall–Kier alpha value is -1.35. The zero-order valence-electron chi connectivity index (χ0n) is 6.97. The Bertz CT molecular complexity index is 476. The van der Waals surface area contributed by atoms with Gasteiger partial charge in [-0.25, -0.2) is 0 Å². The number of carbonyl (C=O) groups excluding carboxylic acids is 1. The first-order valence-corrected chi connectivity index (χ1v) is 4.20. The van der Waals surface area contributed by atoms with E-state index in [0.717, 1.165) is 17.4 Å². The summed E-state index contributed by atoms with van der Waals surface area (Å²) in [5, 5.41) is 8.18. The molecule has 0 bridgehead atoms. The molecule has 0 atom stereocenters. The third-order valence-corrected chi connectivity index (χ3v) is 2.30. The Morgan fingerprint density at radius 1 is 1.54 bits per heavy atom. The highest BCUT2D eigenvalue weighted by molar-refractivity contribution is 6.35. The van der Waals surface area contributed by atoms with E-state index in [0.29, 0.717) is 16.1 Å². The number of aromatic nitrogens is 2. The summed E-state index contributed by atoms with van der Waals surface area (Å²) >= 11 is 5.90. The molecule has 0 fully saturated rings. The third-order valence-electron chi connectivity index (χ3n) is 2.00. The molecule has 0 saturated heterocycles. The highest BCUT2D eigenvalue weighted by atomic mass is 35.5. The number of aryl methyl sites for hydroxylation is 1. The molecular formula is C9H7ClN2O. The molecule has 1 aromatic carbocycles. The summed E-state index contributed by atoms with van der Waals surface area (Å²) in [5.74, 6) is 0. The molecule has 0 unspecified atom stereocenters. The minimum Gasteiger partial charge on any atom is -0.298 e. The summed E-state index contributed by atoms with van der Waals surface area (Å²) in [5.41, 5.74) is 2.13. The minimum atomic E-state index is 0.560. The van der Waals surface area contributed by atoms with Crippen LogP contribution in [0.2, 0.25) is 5.02 Å². The largest absolute Gasteiger partial charge is 0.298 e. The molecule has 0 aliphatic rings. The summed E-state index contributed by atoms with van der Waals surface area (Å²) in [6, 6.07) is 3.37. The summed E-state index contributed by atoms with van der Waals surface area (Å²) in [6.07, 6.45) is 0.807. The number of rotatable bonds is 1. The quantitative estimate of drug-likeness (QED) is 0.709. The van der Waals surface area contributed by atoms with Gasteiger partial charge in [0.2, 0.25) is 0 Å². The monoisotopic (exact) mass is 194 g/mol. The average molecular weight is 195 g/mol. The standard InChI is InChI=1S/C9H7ClN2O/c1-5-8-6(4-13)2-3-7(10)9(8)12-11-5/h2-4H,1H3,(H,11,12). The van der Waals surface area contributed by atoms with Gasteiger partial charge in [-0.1, -0.05) is 11.6 Å². The van der Waals surface area contributed by atoms with Gasteiger partial charge >= 0.3 is 0 Å². The van der Waals surface area contributed by atoms with Gasteiger partial charge in [-0.15, -0.1) is 0 Å². The van der Waals surface area contributed by atoms with Crippen LogP contribution in [0.4, 0.5) is 0 Å². The Balaban J connectivity index is 2.96. The number of nitrogens with zero attached hydrogens (tertiary/aromatic N) is 1. The molecule has 2 rings (SSSR count). The molecule has 1 N–H and O–H groups in total. The van der Waals surface area contributed by atoms with E-state index in [9.17, 15) is 4.79 Å². The molecule has 0 aliphatic heterocycles. The molecule has 0 spiro atoms. The van der Waals surface area contributed by atoms with E-state index >= 15 is 0 Å². The number of nitrogens with one attached hydrogen (secondary N) is 1. The fourth-order valence-electron chi connectivity index (χ4n) is 1.38. The number of halogens is 1. The molecule has 2 aromatic rings. The smallest absolute Gasteiger partial charge is 0.150 e. The van der Waals surface area contributed by atoms with Crippen LogP contribution < -0.4 is 0 Å². The van der Waals surface area contributed by atoms with Crippen LogP contribution in [0.25, 0.3) is 10.9 Å². The Kier molecular flexibility index (Phi) is 1.81. The topological polar surface area (TPSA) is 45.8 Å². The van der Waals surface area contributed by atoms with Crippen LogP contribution in [-0.4, -0.2) is 16.5 Å². The molecular weight excluding hydrogens is 188 g/mol. The maximum atomic E-state index is 10.7. The second-order valence-electron chi connectivity index (χ2n) is 2.83. The van der Waals surface area contributed by atoms with E-state index in [1.54, 1.807) is 12.1 Å². The van der Waals surface area contributed by atoms with Gasteiger partial charge in [0.15, 0.2) is 6.29 Å². The fraction of sp³-hybridized carbons (Fsp3) is 0.111. The highest BCUT2D eigenvalue weighted by Crippen LogP contribution is 2.25. The lowest BCUT2D eigenvalue weighted by molar-refractivity contribution is 0.112. The number of carbonyl (C=O) groups is 1. The lowest BCUT2D eigenvalue weighted by Crippen LogP contribution is -1.83. The first-order valence-electron chi connectivity index (χ1n) is 3.82. The highest BCUT2D eigenvalue weighted by Gasteiger charge is 2.09. The summed E-state index contributed by atoms with van der Waals surface area (Å²) in [4.78, 5) is 10.7. The van der Waals surface area contributed by atoms with Gasteiger partial charge in [0.05, 0.1) is 5.02 Å². The number of fused-ring (bicyclic) bond motifs is 1. The maximum absolute atomic E-state index is 10.7. The zero-order chi connectivity index (χ0) is 9.42. The lowest BCUT2D eigenvalue weighted by Gasteiger charge is -1.95. The second-order valence-corrected chi connectivity index (χ2v) is 3.23. The van der Waals surface area contributed by atoms with Crippen LogP contribution in [0.15, 0.2) is 12.1 Å². The van der Waals surface area contributed by atoms with Crippen molar-refractivity contribution in [1.82, 2.24) is 10.2 Å². The first-order chi connectivity index (χ1) is 6.24. The van der Waals surface area contributed by atoms with E-state index < -0.39 is 0 Å². The molecule has 66 valence electrons. The van der Waals surface area contributed by atoms with E-state index in [4.69, 9.17) is 11.6 Å². The molecule has 0 amide bonds. The molecule has 1 heterocycles. The number of aldehydes is 1. The van der Waals surface area contributed by atoms with E-state index in [-0.39, 0.29) is 0 Å². The summed E-state index contributed by atoms with van der Waals surface area (Å²) in [6.45, 7) is 1.86. The normalized spacial score (nSPS) is 10.6. The predicted octanol–water partition coefficient (Wildman–Crippen LogP) is 2.34. The summed E-state index contributed by atoms with van der Waals surface area (Å²) < 4.78 is 0. The van der Waals surface area contributed by atoms with Crippen LogP contribution in [0.5, 0.6) is 0 Å². The number of benzene rings is 1. The number of hydrogen-bond donors (Lipinski definition) is 1. The maximum Gasteiger partial charge on any atom is 0.150 e. The van der Waals surface area contributed by atoms with Crippen LogP contribution in [0.1, 0.15) is 16.1 Å². The van der Waals surface area contributed by atoms with Gasteiger partial charge < -0.3 is 0 Å². The van der Waals surface area contributed by atoms with Crippen molar-refractivity contribution in [3.05, 3.63) is 28.4 Å². The van der Waals surface area contributed by atoms with Crippen molar-refractivity contribution in [2.75, 3.05) is 0 Å². The van der Waals surface area contributed by atoms with Gasteiger partial charge in [-0.05, 0) is 19.1 Å². The molecule has 3 nitrogen and oxygen atoms in total. The molecule has 1 aromatic heterocycles. The third kappa shape index (κ3) is 1.12. The first kappa shape index (κ1) is 8.26. The van der Waals surface area contributed by atoms with Crippen molar-refractivity contribution in [1.29, 1.82) is 0 Å². The van der Waals surface area contributed by atoms with E-state index in [2.05, 4.69) is 10.2 Å². The van der Waals surface area contributed by atoms with Crippen molar-refractivity contribution in [2.45, 2.75) is 6.92 Å². The Morgan fingerprint density at radius 2 is 2.31 bits per heavy atom. The predicted molar refractivity (Wildman–Crippen MR) is 51.2 cm³/mol. The average Bonchev–Trinajstić information content (AvgIpc) is 2.51. The lowest BCUT2D eigenvalue weighted by atomic mass is 10.1. The molecule has 0 saturated carbocycles. The SMILES string of the molecule is Cc1[nH]nc2c(Cl)ccc(C=O)c12.